The smallest absolute Gasteiger partial charge is 0.261 e. The summed E-state index contributed by atoms with van der Waals surface area (Å²) >= 11 is 0. The molecule has 0 aliphatic carbocycles. The van der Waals surface area contributed by atoms with Crippen molar-refractivity contribution >= 4 is 45.2 Å². The largest absolute Gasteiger partial charge is 0.315 e. The molecule has 0 saturated carbocycles. The molecule has 0 atom stereocenters. The summed E-state index contributed by atoms with van der Waals surface area (Å²) in [7, 11) is 0. The van der Waals surface area contributed by atoms with E-state index in [1.165, 1.54) is 9.80 Å². The quantitative estimate of drug-likeness (QED) is 0.142. The molecule has 8 heteroatoms. The van der Waals surface area contributed by atoms with Crippen LogP contribution in [0.3, 0.4) is 0 Å². The molecule has 4 aromatic rings. The molecule has 2 aliphatic heterocycles. The molecular formula is C36H38N4O4. The monoisotopic (exact) mass is 590 g/mol. The lowest BCUT2D eigenvalue weighted by atomic mass is 9.94. The van der Waals surface area contributed by atoms with E-state index in [1.54, 1.807) is 24.3 Å². The normalized spacial score (nSPS) is 14.4. The molecule has 0 aromatic heterocycles. The molecule has 6 rings (SSSR count). The van der Waals surface area contributed by atoms with Gasteiger partial charge in [-0.1, -0.05) is 74.2 Å². The van der Waals surface area contributed by atoms with Gasteiger partial charge >= 0.3 is 0 Å². The Morgan fingerprint density at radius 3 is 1.07 bits per heavy atom. The van der Waals surface area contributed by atoms with Gasteiger partial charge < -0.3 is 10.6 Å². The molecule has 0 bridgehead atoms. The van der Waals surface area contributed by atoms with Crippen molar-refractivity contribution in [1.29, 1.82) is 0 Å². The molecule has 0 radical (unpaired) electrons. The van der Waals surface area contributed by atoms with E-state index < -0.39 is 0 Å². The third-order valence-corrected chi connectivity index (χ3v) is 8.69. The Kier molecular flexibility index (Phi) is 9.09. The summed E-state index contributed by atoms with van der Waals surface area (Å²) in [6, 6.07) is 22.4. The summed E-state index contributed by atoms with van der Waals surface area (Å²) in [5.41, 5.74) is 2.40. The van der Waals surface area contributed by atoms with Gasteiger partial charge in [-0.25, -0.2) is 0 Å². The highest BCUT2D eigenvalue weighted by atomic mass is 16.2. The fraction of sp³-hybridized carbons (Fsp3) is 0.333. The molecule has 0 saturated heterocycles. The van der Waals surface area contributed by atoms with Crippen molar-refractivity contribution in [1.82, 2.24) is 20.4 Å². The van der Waals surface area contributed by atoms with Gasteiger partial charge in [-0.05, 0) is 61.0 Å². The van der Waals surface area contributed by atoms with Gasteiger partial charge in [0.1, 0.15) is 0 Å². The average Bonchev–Trinajstić information content (AvgIpc) is 3.05. The minimum atomic E-state index is -0.215. The number of hydrogen-bond donors (Lipinski definition) is 2. The van der Waals surface area contributed by atoms with Crippen LogP contribution in [-0.2, 0) is 0 Å². The number of amides is 4. The summed E-state index contributed by atoms with van der Waals surface area (Å²) in [4.78, 5) is 54.6. The van der Waals surface area contributed by atoms with Gasteiger partial charge in [-0.2, -0.15) is 0 Å². The highest BCUT2D eigenvalue weighted by Gasteiger charge is 2.33. The molecule has 4 aromatic carbocycles. The lowest BCUT2D eigenvalue weighted by Gasteiger charge is -2.27. The lowest BCUT2D eigenvalue weighted by Crippen LogP contribution is -2.43. The number of benzene rings is 4. The zero-order valence-electron chi connectivity index (χ0n) is 24.9. The fourth-order valence-electron chi connectivity index (χ4n) is 6.41. The summed E-state index contributed by atoms with van der Waals surface area (Å²) in [6.45, 7) is 3.60. The Morgan fingerprint density at radius 2 is 0.727 bits per heavy atom. The van der Waals surface area contributed by atoms with Gasteiger partial charge in [0.05, 0.1) is 0 Å². The number of carbonyl (C=O) groups is 4. The van der Waals surface area contributed by atoms with Crippen molar-refractivity contribution in [2.75, 3.05) is 39.3 Å². The summed E-state index contributed by atoms with van der Waals surface area (Å²) in [6.07, 6.45) is 6.68. The van der Waals surface area contributed by atoms with Gasteiger partial charge in [0.25, 0.3) is 23.6 Å². The average molecular weight is 591 g/mol. The van der Waals surface area contributed by atoms with E-state index in [2.05, 4.69) is 10.6 Å². The van der Waals surface area contributed by atoms with E-state index in [0.717, 1.165) is 73.2 Å². The first-order valence-corrected chi connectivity index (χ1v) is 15.7. The predicted molar refractivity (Wildman–Crippen MR) is 172 cm³/mol. The number of hydrogen-bond acceptors (Lipinski definition) is 6. The minimum Gasteiger partial charge on any atom is -0.315 e. The van der Waals surface area contributed by atoms with Crippen molar-refractivity contribution in [3.05, 3.63) is 95.1 Å². The van der Waals surface area contributed by atoms with E-state index in [4.69, 9.17) is 0 Å². The second-order valence-corrected chi connectivity index (χ2v) is 11.6. The van der Waals surface area contributed by atoms with E-state index in [0.29, 0.717) is 48.4 Å². The zero-order valence-corrected chi connectivity index (χ0v) is 24.9. The van der Waals surface area contributed by atoms with Crippen LogP contribution in [0, 0.1) is 0 Å². The topological polar surface area (TPSA) is 98.8 Å². The molecule has 0 unspecified atom stereocenters. The zero-order chi connectivity index (χ0) is 30.5. The van der Waals surface area contributed by atoms with Crippen LogP contribution in [0.2, 0.25) is 0 Å². The number of rotatable bonds is 15. The molecule has 0 spiro atoms. The molecule has 2 aliphatic rings. The number of nitrogens with zero attached hydrogens (tertiary/aromatic N) is 2. The van der Waals surface area contributed by atoms with Crippen molar-refractivity contribution in [3.63, 3.8) is 0 Å². The summed E-state index contributed by atoms with van der Waals surface area (Å²) < 4.78 is 0. The van der Waals surface area contributed by atoms with Crippen molar-refractivity contribution in [3.8, 4) is 0 Å². The van der Waals surface area contributed by atoms with Crippen LogP contribution in [-0.4, -0.2) is 72.7 Å². The molecule has 44 heavy (non-hydrogen) atoms. The first-order chi connectivity index (χ1) is 21.6. The van der Waals surface area contributed by atoms with Gasteiger partial charge in [0, 0.05) is 59.2 Å². The number of nitrogens with one attached hydrogen (secondary N) is 2. The second-order valence-electron chi connectivity index (χ2n) is 11.6. The second kappa shape index (κ2) is 13.5. The van der Waals surface area contributed by atoms with E-state index in [-0.39, 0.29) is 23.6 Å². The Labute approximate surface area is 257 Å². The first kappa shape index (κ1) is 29.7. The van der Waals surface area contributed by atoms with Gasteiger partial charge in [0.2, 0.25) is 0 Å². The number of unbranched alkanes of at least 4 members (excludes halogenated alkanes) is 5. The number of carbonyl (C=O) groups excluding carboxylic acids is 4. The highest BCUT2D eigenvalue weighted by Crippen LogP contribution is 2.31. The van der Waals surface area contributed by atoms with E-state index >= 15 is 0 Å². The standard InChI is InChI=1S/C36H38N4O4/c41-33-27-15-7-11-25-12-8-16-28(31(25)27)34(42)39(33)23-21-37-19-5-3-1-2-4-6-20-38-22-24-40-35(43)29-17-9-13-26-14-10-18-30(32(26)29)36(40)44/h7-18,37-38H,1-6,19-24H2. The molecule has 226 valence electrons. The maximum Gasteiger partial charge on any atom is 0.261 e. The maximum absolute atomic E-state index is 13.0. The molecule has 2 N–H and O–H groups in total. The Morgan fingerprint density at radius 1 is 0.409 bits per heavy atom. The van der Waals surface area contributed by atoms with Crippen LogP contribution in [0.15, 0.2) is 72.8 Å². The van der Waals surface area contributed by atoms with Crippen molar-refractivity contribution in [2.24, 2.45) is 0 Å². The van der Waals surface area contributed by atoms with Gasteiger partial charge in [-0.3, -0.25) is 29.0 Å². The Bertz CT molecular complexity index is 1500. The van der Waals surface area contributed by atoms with Crippen LogP contribution in [0.25, 0.3) is 21.5 Å². The van der Waals surface area contributed by atoms with Gasteiger partial charge in [-0.15, -0.1) is 0 Å². The van der Waals surface area contributed by atoms with Crippen LogP contribution < -0.4 is 10.6 Å². The SMILES string of the molecule is O=C1c2cccc3cccc(c23)C(=O)N1CCNCCCCCCCCNCCN1C(=O)c2cccc3cccc(c23)C1=O. The minimum absolute atomic E-state index is 0.215. The lowest BCUT2D eigenvalue weighted by molar-refractivity contribution is 0.0596. The van der Waals surface area contributed by atoms with Crippen molar-refractivity contribution in [2.45, 2.75) is 38.5 Å². The predicted octanol–water partition coefficient (Wildman–Crippen LogP) is 5.41. The summed E-state index contributed by atoms with van der Waals surface area (Å²) in [5.74, 6) is -0.860. The third kappa shape index (κ3) is 5.87. The Hall–Kier alpha value is -4.40. The van der Waals surface area contributed by atoms with Crippen LogP contribution in [0.5, 0.6) is 0 Å². The van der Waals surface area contributed by atoms with Gasteiger partial charge in [0.15, 0.2) is 0 Å². The van der Waals surface area contributed by atoms with E-state index in [1.807, 2.05) is 48.5 Å². The van der Waals surface area contributed by atoms with Crippen LogP contribution in [0.1, 0.15) is 80.0 Å². The maximum atomic E-state index is 13.0. The molecule has 4 amide bonds. The van der Waals surface area contributed by atoms with Crippen LogP contribution in [0.4, 0.5) is 0 Å². The van der Waals surface area contributed by atoms with Crippen molar-refractivity contribution < 1.29 is 19.2 Å². The number of imide groups is 2. The summed E-state index contributed by atoms with van der Waals surface area (Å²) in [5, 5.41) is 10.1. The molecular weight excluding hydrogens is 552 g/mol. The highest BCUT2D eigenvalue weighted by molar-refractivity contribution is 6.26. The molecule has 2 heterocycles. The molecule has 0 fully saturated rings. The Balaban J connectivity index is 0.809. The van der Waals surface area contributed by atoms with E-state index in [9.17, 15) is 19.2 Å². The third-order valence-electron chi connectivity index (χ3n) is 8.69. The first-order valence-electron chi connectivity index (χ1n) is 15.7. The molecule has 8 nitrogen and oxygen atoms in total. The fourth-order valence-corrected chi connectivity index (χ4v) is 6.41. The van der Waals surface area contributed by atoms with Crippen LogP contribution >= 0.6 is 0 Å².